The molecule has 2 aromatic rings. The maximum Gasteiger partial charge on any atom is 0.267 e. The predicted octanol–water partition coefficient (Wildman–Crippen LogP) is 1.56. The van der Waals surface area contributed by atoms with E-state index in [4.69, 9.17) is 15.2 Å². The monoisotopic (exact) mass is 399 g/mol. The Labute approximate surface area is 135 Å². The largest absolute Gasteiger partial charge is 0.486 e. The average Bonchev–Trinajstić information content (AvgIpc) is 2.48. The van der Waals surface area contributed by atoms with Crippen LogP contribution in [0.1, 0.15) is 11.4 Å². The third-order valence-corrected chi connectivity index (χ3v) is 4.08. The number of anilines is 1. The molecule has 0 saturated heterocycles. The minimum absolute atomic E-state index is 0.0719. The van der Waals surface area contributed by atoms with Crippen LogP contribution in [0.5, 0.6) is 11.5 Å². The van der Waals surface area contributed by atoms with Crippen LogP contribution in [0.4, 0.5) is 5.69 Å². The highest BCUT2D eigenvalue weighted by Crippen LogP contribution is 2.34. The first-order valence-corrected chi connectivity index (χ1v) is 7.54. The summed E-state index contributed by atoms with van der Waals surface area (Å²) >= 11 is 1.98. The van der Waals surface area contributed by atoms with Gasteiger partial charge in [-0.25, -0.2) is 4.98 Å². The highest BCUT2D eigenvalue weighted by molar-refractivity contribution is 14.1. The van der Waals surface area contributed by atoms with Gasteiger partial charge in [0.05, 0.1) is 10.1 Å². The molecule has 2 heterocycles. The van der Waals surface area contributed by atoms with E-state index >= 15 is 0 Å². The molecule has 1 aliphatic rings. The molecule has 0 unspecified atom stereocenters. The third-order valence-electron chi connectivity index (χ3n) is 3.34. The first kappa shape index (κ1) is 14.2. The van der Waals surface area contributed by atoms with Crippen LogP contribution < -0.4 is 20.8 Å². The van der Waals surface area contributed by atoms with Crippen molar-refractivity contribution in [1.29, 1.82) is 0 Å². The summed E-state index contributed by atoms with van der Waals surface area (Å²) in [6, 6.07) is 3.57. The van der Waals surface area contributed by atoms with E-state index in [0.29, 0.717) is 46.3 Å². The Morgan fingerprint density at radius 1 is 1.33 bits per heavy atom. The normalized spacial score (nSPS) is 13.2. The molecule has 21 heavy (non-hydrogen) atoms. The molecule has 7 heteroatoms. The number of hydrogen-bond acceptors (Lipinski definition) is 5. The first-order valence-electron chi connectivity index (χ1n) is 6.46. The number of aryl methyl sites for hydroxylation is 1. The zero-order valence-electron chi connectivity index (χ0n) is 11.4. The molecule has 110 valence electrons. The Morgan fingerprint density at radius 2 is 2.00 bits per heavy atom. The molecule has 0 fully saturated rings. The van der Waals surface area contributed by atoms with Crippen molar-refractivity contribution in [2.45, 2.75) is 13.5 Å². The predicted molar refractivity (Wildman–Crippen MR) is 86.9 cm³/mol. The fourth-order valence-electron chi connectivity index (χ4n) is 2.19. The summed E-state index contributed by atoms with van der Waals surface area (Å²) < 4.78 is 13.2. The number of aromatic nitrogens is 2. The number of nitrogen functional groups attached to an aromatic ring is 1. The first-order chi connectivity index (χ1) is 10.1. The molecule has 0 bridgehead atoms. The Balaban J connectivity index is 2.03. The van der Waals surface area contributed by atoms with Crippen LogP contribution in [0.15, 0.2) is 23.1 Å². The van der Waals surface area contributed by atoms with Crippen molar-refractivity contribution < 1.29 is 9.47 Å². The lowest BCUT2D eigenvalue weighted by Crippen LogP contribution is -2.26. The fraction of sp³-hybridized carbons (Fsp3) is 0.286. The molecule has 0 aliphatic carbocycles. The van der Waals surface area contributed by atoms with Crippen LogP contribution >= 0.6 is 22.6 Å². The number of nitrogens with two attached hydrogens (primary N) is 1. The lowest BCUT2D eigenvalue weighted by molar-refractivity contribution is 0.171. The maximum atomic E-state index is 12.2. The molecule has 0 saturated carbocycles. The Bertz CT molecular complexity index is 758. The van der Waals surface area contributed by atoms with Gasteiger partial charge in [0.1, 0.15) is 19.0 Å². The standard InChI is InChI=1S/C14H14IN3O3/c1-8-17-6-10(15)14(19)18(8)7-9-4-12-13(5-11(9)16)21-3-2-20-12/h4-6H,2-3,7,16H2,1H3. The average molecular weight is 399 g/mol. The lowest BCUT2D eigenvalue weighted by atomic mass is 10.1. The van der Waals surface area contributed by atoms with Crippen molar-refractivity contribution in [3.63, 3.8) is 0 Å². The van der Waals surface area contributed by atoms with E-state index < -0.39 is 0 Å². The number of fused-ring (bicyclic) bond motifs is 1. The van der Waals surface area contributed by atoms with E-state index in [2.05, 4.69) is 4.98 Å². The van der Waals surface area contributed by atoms with Gasteiger partial charge in [0.25, 0.3) is 5.56 Å². The van der Waals surface area contributed by atoms with E-state index in [1.54, 1.807) is 23.8 Å². The van der Waals surface area contributed by atoms with Crippen molar-refractivity contribution in [3.8, 4) is 11.5 Å². The van der Waals surface area contributed by atoms with Crippen LogP contribution in [-0.2, 0) is 6.54 Å². The van der Waals surface area contributed by atoms with Gasteiger partial charge >= 0.3 is 0 Å². The summed E-state index contributed by atoms with van der Waals surface area (Å²) in [5, 5.41) is 0. The highest BCUT2D eigenvalue weighted by atomic mass is 127. The minimum atomic E-state index is -0.0719. The molecule has 0 atom stereocenters. The fourth-order valence-corrected chi connectivity index (χ4v) is 2.62. The number of benzene rings is 1. The molecule has 1 aromatic heterocycles. The molecule has 0 spiro atoms. The van der Waals surface area contributed by atoms with Crippen molar-refractivity contribution in [1.82, 2.24) is 9.55 Å². The Kier molecular flexibility index (Phi) is 3.75. The third kappa shape index (κ3) is 2.69. The summed E-state index contributed by atoms with van der Waals surface area (Å²) in [6.07, 6.45) is 1.57. The van der Waals surface area contributed by atoms with E-state index in [-0.39, 0.29) is 5.56 Å². The van der Waals surface area contributed by atoms with Gasteiger partial charge in [-0.15, -0.1) is 0 Å². The summed E-state index contributed by atoms with van der Waals surface area (Å²) in [5.74, 6) is 1.96. The molecular formula is C14H14IN3O3. The van der Waals surface area contributed by atoms with E-state index in [1.807, 2.05) is 28.7 Å². The Morgan fingerprint density at radius 3 is 2.71 bits per heavy atom. The van der Waals surface area contributed by atoms with Gasteiger partial charge in [-0.05, 0) is 41.1 Å². The van der Waals surface area contributed by atoms with E-state index in [0.717, 1.165) is 5.56 Å². The zero-order chi connectivity index (χ0) is 15.0. The Hall–Kier alpha value is -1.77. The molecular weight excluding hydrogens is 385 g/mol. The second kappa shape index (κ2) is 5.55. The number of halogens is 1. The number of rotatable bonds is 2. The van der Waals surface area contributed by atoms with Crippen molar-refractivity contribution >= 4 is 28.3 Å². The lowest BCUT2D eigenvalue weighted by Gasteiger charge is -2.20. The van der Waals surface area contributed by atoms with Crippen LogP contribution in [0.2, 0.25) is 0 Å². The van der Waals surface area contributed by atoms with E-state index in [9.17, 15) is 4.79 Å². The second-order valence-corrected chi connectivity index (χ2v) is 5.90. The van der Waals surface area contributed by atoms with Gasteiger partial charge in [0.2, 0.25) is 0 Å². The van der Waals surface area contributed by atoms with Gasteiger partial charge in [-0.1, -0.05) is 0 Å². The topological polar surface area (TPSA) is 79.4 Å². The molecule has 0 radical (unpaired) electrons. The van der Waals surface area contributed by atoms with Crippen LogP contribution in [-0.4, -0.2) is 22.8 Å². The van der Waals surface area contributed by atoms with Crippen LogP contribution in [0, 0.1) is 10.5 Å². The second-order valence-electron chi connectivity index (χ2n) is 4.74. The van der Waals surface area contributed by atoms with Gasteiger partial charge in [-0.3, -0.25) is 9.36 Å². The summed E-state index contributed by atoms with van der Waals surface area (Å²) in [7, 11) is 0. The smallest absolute Gasteiger partial charge is 0.267 e. The minimum Gasteiger partial charge on any atom is -0.486 e. The number of ether oxygens (including phenoxy) is 2. The van der Waals surface area contributed by atoms with Crippen LogP contribution in [0.3, 0.4) is 0 Å². The molecule has 0 amide bonds. The molecule has 1 aromatic carbocycles. The van der Waals surface area contributed by atoms with Gasteiger partial charge in [0, 0.05) is 18.0 Å². The molecule has 3 rings (SSSR count). The maximum absolute atomic E-state index is 12.2. The molecule has 1 aliphatic heterocycles. The van der Waals surface area contributed by atoms with Gasteiger partial charge in [0.15, 0.2) is 11.5 Å². The summed E-state index contributed by atoms with van der Waals surface area (Å²) in [4.78, 5) is 16.4. The molecule has 6 nitrogen and oxygen atoms in total. The number of hydrogen-bond donors (Lipinski definition) is 1. The van der Waals surface area contributed by atoms with Crippen molar-refractivity contribution in [2.75, 3.05) is 18.9 Å². The molecule has 2 N–H and O–H groups in total. The van der Waals surface area contributed by atoms with Gasteiger partial charge in [-0.2, -0.15) is 0 Å². The number of nitrogens with zero attached hydrogens (tertiary/aromatic N) is 2. The zero-order valence-corrected chi connectivity index (χ0v) is 13.6. The van der Waals surface area contributed by atoms with Crippen molar-refractivity contribution in [3.05, 3.63) is 43.6 Å². The SMILES string of the molecule is Cc1ncc(I)c(=O)n1Cc1cc2c(cc1N)OCCO2. The van der Waals surface area contributed by atoms with Gasteiger partial charge < -0.3 is 15.2 Å². The summed E-state index contributed by atoms with van der Waals surface area (Å²) in [6.45, 7) is 3.19. The quantitative estimate of drug-likeness (QED) is 0.613. The summed E-state index contributed by atoms with van der Waals surface area (Å²) in [5.41, 5.74) is 7.37. The van der Waals surface area contributed by atoms with Crippen molar-refractivity contribution in [2.24, 2.45) is 0 Å². The van der Waals surface area contributed by atoms with E-state index in [1.165, 1.54) is 0 Å². The highest BCUT2D eigenvalue weighted by Gasteiger charge is 2.16. The van der Waals surface area contributed by atoms with Crippen LogP contribution in [0.25, 0.3) is 0 Å².